The molecule has 2 unspecified atom stereocenters. The Morgan fingerprint density at radius 2 is 2.50 bits per heavy atom. The van der Waals surface area contributed by atoms with Gasteiger partial charge in [-0.3, -0.25) is 0 Å². The Bertz CT molecular complexity index is 410. The van der Waals surface area contributed by atoms with Crippen LogP contribution in [-0.4, -0.2) is 30.3 Å². The van der Waals surface area contributed by atoms with Crippen LogP contribution in [0.1, 0.15) is 18.9 Å². The molecule has 2 atom stereocenters. The lowest BCUT2D eigenvalue weighted by Crippen LogP contribution is -2.39. The third-order valence-electron chi connectivity index (χ3n) is 3.40. The van der Waals surface area contributed by atoms with Crippen molar-refractivity contribution in [3.63, 3.8) is 0 Å². The van der Waals surface area contributed by atoms with Crippen LogP contribution < -0.4 is 9.64 Å². The highest BCUT2D eigenvalue weighted by atomic mass is 19.1. The van der Waals surface area contributed by atoms with Gasteiger partial charge in [-0.2, -0.15) is 0 Å². The van der Waals surface area contributed by atoms with E-state index in [1.807, 2.05) is 6.07 Å². The van der Waals surface area contributed by atoms with Crippen LogP contribution in [0.2, 0.25) is 0 Å². The number of hydrogen-bond acceptors (Lipinski definition) is 3. The van der Waals surface area contributed by atoms with Gasteiger partial charge in [0.25, 0.3) is 0 Å². The van der Waals surface area contributed by atoms with Crippen molar-refractivity contribution in [3.8, 4) is 5.75 Å². The number of ether oxygens (including phenoxy) is 1. The molecule has 86 valence electrons. The summed E-state index contributed by atoms with van der Waals surface area (Å²) in [6.45, 7) is 3.14. The third kappa shape index (κ3) is 1.36. The van der Waals surface area contributed by atoms with E-state index in [0.29, 0.717) is 19.6 Å². The van der Waals surface area contributed by atoms with Crippen molar-refractivity contribution in [2.45, 2.75) is 32.0 Å². The molecule has 3 heterocycles. The normalized spacial score (nSPS) is 27.2. The van der Waals surface area contributed by atoms with Crippen LogP contribution in [0.5, 0.6) is 5.75 Å². The van der Waals surface area contributed by atoms with Crippen LogP contribution >= 0.6 is 0 Å². The molecule has 0 bridgehead atoms. The maximum absolute atomic E-state index is 13.4. The number of alkyl halides is 1. The molecule has 0 aromatic carbocycles. The van der Waals surface area contributed by atoms with Crippen LogP contribution in [0.25, 0.3) is 0 Å². The van der Waals surface area contributed by atoms with Crippen LogP contribution in [0.3, 0.4) is 0 Å². The molecule has 0 N–H and O–H groups in total. The first kappa shape index (κ1) is 9.87. The summed E-state index contributed by atoms with van der Waals surface area (Å²) in [5, 5.41) is 0. The van der Waals surface area contributed by atoms with Gasteiger partial charge in [0.05, 0.1) is 12.6 Å². The van der Waals surface area contributed by atoms with Crippen LogP contribution in [0, 0.1) is 0 Å². The molecule has 16 heavy (non-hydrogen) atoms. The van der Waals surface area contributed by atoms with E-state index in [4.69, 9.17) is 4.74 Å². The molecule has 4 heteroatoms. The van der Waals surface area contributed by atoms with Gasteiger partial charge in [-0.1, -0.05) is 6.92 Å². The lowest BCUT2D eigenvalue weighted by Gasteiger charge is -2.32. The first-order chi connectivity index (χ1) is 7.79. The number of pyridine rings is 1. The minimum Gasteiger partial charge on any atom is -0.487 e. The molecule has 3 rings (SSSR count). The Balaban J connectivity index is 2.03. The predicted octanol–water partition coefficient (Wildman–Crippen LogP) is 1.95. The molecular weight excluding hydrogens is 207 g/mol. The Labute approximate surface area is 94.2 Å². The zero-order valence-corrected chi connectivity index (χ0v) is 9.32. The molecule has 2 aliphatic heterocycles. The van der Waals surface area contributed by atoms with Gasteiger partial charge in [0.2, 0.25) is 0 Å². The Kier molecular flexibility index (Phi) is 2.23. The number of aryl methyl sites for hydroxylation is 1. The number of hydrogen-bond donors (Lipinski definition) is 0. The van der Waals surface area contributed by atoms with E-state index >= 15 is 0 Å². The van der Waals surface area contributed by atoms with Crippen molar-refractivity contribution < 1.29 is 9.13 Å². The minimum atomic E-state index is -0.744. The molecule has 3 nitrogen and oxygen atoms in total. The zero-order chi connectivity index (χ0) is 11.1. The molecule has 2 aliphatic rings. The van der Waals surface area contributed by atoms with Crippen molar-refractivity contribution >= 4 is 5.82 Å². The second-order valence-corrected chi connectivity index (χ2v) is 4.43. The molecule has 0 saturated carbocycles. The number of anilines is 1. The molecule has 0 radical (unpaired) electrons. The highest BCUT2D eigenvalue weighted by Gasteiger charge is 2.38. The monoisotopic (exact) mass is 222 g/mol. The standard InChI is InChI=1S/C12H15FN2O/c1-2-8-3-4-14-12-11(8)16-7-10-5-9(13)6-15(10)12/h3-4,9-10H,2,5-7H2,1H3. The molecular formula is C12H15FN2O. The van der Waals surface area contributed by atoms with Crippen LogP contribution in [-0.2, 0) is 6.42 Å². The van der Waals surface area contributed by atoms with E-state index in [-0.39, 0.29) is 6.04 Å². The second kappa shape index (κ2) is 3.61. The fourth-order valence-corrected chi connectivity index (χ4v) is 2.57. The summed E-state index contributed by atoms with van der Waals surface area (Å²) in [5.74, 6) is 1.69. The Hall–Kier alpha value is -1.32. The molecule has 1 saturated heterocycles. The first-order valence-electron chi connectivity index (χ1n) is 5.81. The molecule has 1 aromatic rings. The van der Waals surface area contributed by atoms with Gasteiger partial charge in [0, 0.05) is 12.6 Å². The number of rotatable bonds is 1. The number of aromatic nitrogens is 1. The van der Waals surface area contributed by atoms with Gasteiger partial charge < -0.3 is 9.64 Å². The SMILES string of the molecule is CCc1ccnc2c1OCC1CC(F)CN21. The number of fused-ring (bicyclic) bond motifs is 3. The van der Waals surface area contributed by atoms with Crippen molar-refractivity contribution in [3.05, 3.63) is 17.8 Å². The Morgan fingerprint density at radius 3 is 3.31 bits per heavy atom. The fraction of sp³-hybridized carbons (Fsp3) is 0.583. The molecule has 0 spiro atoms. The number of halogens is 1. The summed E-state index contributed by atoms with van der Waals surface area (Å²) in [5.41, 5.74) is 1.16. The highest BCUT2D eigenvalue weighted by Crippen LogP contribution is 2.39. The van der Waals surface area contributed by atoms with Crippen LogP contribution in [0.4, 0.5) is 10.2 Å². The average molecular weight is 222 g/mol. The van der Waals surface area contributed by atoms with Gasteiger partial charge >= 0.3 is 0 Å². The molecule has 1 aromatic heterocycles. The Morgan fingerprint density at radius 1 is 1.62 bits per heavy atom. The van der Waals surface area contributed by atoms with Gasteiger partial charge in [-0.25, -0.2) is 9.37 Å². The minimum absolute atomic E-state index is 0.169. The van der Waals surface area contributed by atoms with Crippen LogP contribution in [0.15, 0.2) is 12.3 Å². The average Bonchev–Trinajstić information content (AvgIpc) is 2.69. The predicted molar refractivity (Wildman–Crippen MR) is 59.8 cm³/mol. The van der Waals surface area contributed by atoms with Gasteiger partial charge in [0.1, 0.15) is 12.8 Å². The molecule has 1 fully saturated rings. The first-order valence-corrected chi connectivity index (χ1v) is 5.81. The maximum Gasteiger partial charge on any atom is 0.172 e. The van der Waals surface area contributed by atoms with E-state index in [1.54, 1.807) is 6.20 Å². The summed E-state index contributed by atoms with van der Waals surface area (Å²) in [6.07, 6.45) is 2.53. The van der Waals surface area contributed by atoms with Gasteiger partial charge in [0.15, 0.2) is 11.6 Å². The van der Waals surface area contributed by atoms with Gasteiger partial charge in [-0.15, -0.1) is 0 Å². The smallest absolute Gasteiger partial charge is 0.172 e. The summed E-state index contributed by atoms with van der Waals surface area (Å²) < 4.78 is 19.1. The van der Waals surface area contributed by atoms with E-state index in [1.165, 1.54) is 0 Å². The second-order valence-electron chi connectivity index (χ2n) is 4.43. The quantitative estimate of drug-likeness (QED) is 0.726. The molecule has 0 amide bonds. The largest absolute Gasteiger partial charge is 0.487 e. The lowest BCUT2D eigenvalue weighted by molar-refractivity contribution is 0.259. The van der Waals surface area contributed by atoms with E-state index in [0.717, 1.165) is 23.6 Å². The van der Waals surface area contributed by atoms with Crippen molar-refractivity contribution in [1.29, 1.82) is 0 Å². The van der Waals surface area contributed by atoms with E-state index in [9.17, 15) is 4.39 Å². The van der Waals surface area contributed by atoms with E-state index < -0.39 is 6.17 Å². The summed E-state index contributed by atoms with van der Waals surface area (Å²) in [4.78, 5) is 6.40. The van der Waals surface area contributed by atoms with E-state index in [2.05, 4.69) is 16.8 Å². The topological polar surface area (TPSA) is 25.4 Å². The summed E-state index contributed by atoms with van der Waals surface area (Å²) in [6, 6.07) is 2.14. The third-order valence-corrected chi connectivity index (χ3v) is 3.40. The van der Waals surface area contributed by atoms with Gasteiger partial charge in [-0.05, 0) is 18.1 Å². The summed E-state index contributed by atoms with van der Waals surface area (Å²) >= 11 is 0. The van der Waals surface area contributed by atoms with Crippen molar-refractivity contribution in [2.75, 3.05) is 18.1 Å². The number of nitrogens with zero attached hydrogens (tertiary/aromatic N) is 2. The highest BCUT2D eigenvalue weighted by molar-refractivity contribution is 5.59. The molecule has 0 aliphatic carbocycles. The lowest BCUT2D eigenvalue weighted by atomic mass is 10.1. The van der Waals surface area contributed by atoms with Crippen molar-refractivity contribution in [1.82, 2.24) is 4.98 Å². The summed E-state index contributed by atoms with van der Waals surface area (Å²) in [7, 11) is 0. The van der Waals surface area contributed by atoms with Crippen molar-refractivity contribution in [2.24, 2.45) is 0 Å². The maximum atomic E-state index is 13.4. The zero-order valence-electron chi connectivity index (χ0n) is 9.32. The fourth-order valence-electron chi connectivity index (χ4n) is 2.57.